The fraction of sp³-hybridized carbons (Fsp3) is 0.526. The average molecular weight is 437 g/mol. The van der Waals surface area contributed by atoms with Crippen LogP contribution < -0.4 is 5.32 Å². The number of benzene rings is 1. The number of aromatic nitrogens is 4. The molecule has 2 N–H and O–H groups in total. The second-order valence-electron chi connectivity index (χ2n) is 7.53. The number of hydroxylamine groups is 2. The maximum absolute atomic E-state index is 12.8. The van der Waals surface area contributed by atoms with Crippen molar-refractivity contribution < 1.29 is 19.5 Å². The summed E-state index contributed by atoms with van der Waals surface area (Å²) in [4.78, 5) is 30.6. The van der Waals surface area contributed by atoms with E-state index in [1.807, 2.05) is 13.8 Å². The number of hydrogen-bond donors (Lipinski definition) is 2. The normalized spacial score (nSPS) is 17.4. The zero-order valence-electron chi connectivity index (χ0n) is 16.9. The number of carbonyl (C=O) groups excluding carboxylic acids is 2. The van der Waals surface area contributed by atoms with Gasteiger partial charge < -0.3 is 10.4 Å². The molecule has 3 rings (SSSR count). The van der Waals surface area contributed by atoms with E-state index in [-0.39, 0.29) is 19.1 Å². The Labute approximate surface area is 179 Å². The molecule has 2 aromatic rings. The smallest absolute Gasteiger partial charge is 0.275 e. The summed E-state index contributed by atoms with van der Waals surface area (Å²) < 4.78 is 1.47. The Hall–Kier alpha value is -2.56. The molecule has 0 aliphatic carbocycles. The second-order valence-corrected chi connectivity index (χ2v) is 7.97. The highest BCUT2D eigenvalue weighted by molar-refractivity contribution is 6.30. The number of halogens is 1. The SMILES string of the molecule is CC(C)CC[C@@H](O)C(=O)N1OCCC1C(=O)NCc1cc(Cl)ccc1-n1cnnn1. The standard InChI is InChI=1S/C19H25ClN6O4/c1-12(2)3-6-17(27)19(29)26-16(7-8-30-26)18(28)21-10-13-9-14(20)4-5-15(13)25-11-22-23-24-25/h4-5,9,11-12,16-17,27H,3,6-8,10H2,1-2H3,(H,21,28)/t16?,17-/m1/s1. The molecule has 162 valence electrons. The fourth-order valence-electron chi connectivity index (χ4n) is 3.18. The fourth-order valence-corrected chi connectivity index (χ4v) is 3.37. The summed E-state index contributed by atoms with van der Waals surface area (Å²) in [6, 6.07) is 4.36. The zero-order valence-corrected chi connectivity index (χ0v) is 17.6. The number of rotatable bonds is 8. The topological polar surface area (TPSA) is 122 Å². The Balaban J connectivity index is 1.65. The molecule has 10 nitrogen and oxygen atoms in total. The highest BCUT2D eigenvalue weighted by Crippen LogP contribution is 2.21. The lowest BCUT2D eigenvalue weighted by molar-refractivity contribution is -0.187. The molecular formula is C19H25ClN6O4. The van der Waals surface area contributed by atoms with Gasteiger partial charge in [0.25, 0.3) is 5.91 Å². The van der Waals surface area contributed by atoms with Gasteiger partial charge in [0.1, 0.15) is 18.5 Å². The van der Waals surface area contributed by atoms with Crippen molar-refractivity contribution in [3.05, 3.63) is 35.1 Å². The summed E-state index contributed by atoms with van der Waals surface area (Å²) in [5.74, 6) is -0.608. The Morgan fingerprint density at radius 1 is 1.37 bits per heavy atom. The van der Waals surface area contributed by atoms with Crippen LogP contribution in [-0.2, 0) is 21.0 Å². The van der Waals surface area contributed by atoms with Crippen LogP contribution in [0.2, 0.25) is 5.02 Å². The molecule has 1 aliphatic rings. The lowest BCUT2D eigenvalue weighted by atomic mass is 10.0. The number of amides is 2. The average Bonchev–Trinajstić information content (AvgIpc) is 3.41. The van der Waals surface area contributed by atoms with E-state index in [2.05, 4.69) is 20.8 Å². The summed E-state index contributed by atoms with van der Waals surface area (Å²) in [6.07, 6.45) is 1.62. The van der Waals surface area contributed by atoms with E-state index >= 15 is 0 Å². The van der Waals surface area contributed by atoms with Crippen molar-refractivity contribution in [3.8, 4) is 5.69 Å². The molecule has 1 aliphatic heterocycles. The second kappa shape index (κ2) is 9.96. The zero-order chi connectivity index (χ0) is 21.7. The molecule has 1 aromatic heterocycles. The van der Waals surface area contributed by atoms with Crippen molar-refractivity contribution in [2.45, 2.75) is 51.8 Å². The maximum Gasteiger partial charge on any atom is 0.275 e. The number of hydrogen-bond acceptors (Lipinski definition) is 7. The summed E-state index contributed by atoms with van der Waals surface area (Å²) in [6.45, 7) is 4.41. The van der Waals surface area contributed by atoms with Crippen LogP contribution in [-0.4, -0.2) is 60.9 Å². The van der Waals surface area contributed by atoms with Crippen LogP contribution in [0.4, 0.5) is 0 Å². The molecule has 0 radical (unpaired) electrons. The molecule has 1 aromatic carbocycles. The molecule has 1 fully saturated rings. The van der Waals surface area contributed by atoms with Gasteiger partial charge >= 0.3 is 0 Å². The van der Waals surface area contributed by atoms with Gasteiger partial charge in [-0.2, -0.15) is 0 Å². The quantitative estimate of drug-likeness (QED) is 0.638. The van der Waals surface area contributed by atoms with Gasteiger partial charge in [0.2, 0.25) is 5.91 Å². The summed E-state index contributed by atoms with van der Waals surface area (Å²) in [5, 5.41) is 25.6. The number of nitrogens with zero attached hydrogens (tertiary/aromatic N) is 5. The van der Waals surface area contributed by atoms with Crippen molar-refractivity contribution in [3.63, 3.8) is 0 Å². The van der Waals surface area contributed by atoms with Gasteiger partial charge in [-0.05, 0) is 52.9 Å². The minimum atomic E-state index is -1.19. The third-order valence-corrected chi connectivity index (χ3v) is 5.05. The summed E-state index contributed by atoms with van der Waals surface area (Å²) in [5.41, 5.74) is 1.38. The van der Waals surface area contributed by atoms with Crippen molar-refractivity contribution in [1.29, 1.82) is 0 Å². The molecule has 0 spiro atoms. The van der Waals surface area contributed by atoms with Crippen LogP contribution in [0, 0.1) is 5.92 Å². The molecule has 0 bridgehead atoms. The van der Waals surface area contributed by atoms with Crippen LogP contribution in [0.1, 0.15) is 38.7 Å². The van der Waals surface area contributed by atoms with Crippen LogP contribution in [0.3, 0.4) is 0 Å². The lowest BCUT2D eigenvalue weighted by Gasteiger charge is -2.24. The first-order valence-corrected chi connectivity index (χ1v) is 10.2. The van der Waals surface area contributed by atoms with Gasteiger partial charge in [0, 0.05) is 18.0 Å². The molecule has 0 saturated carbocycles. The number of aliphatic hydroxyl groups is 1. The Kier molecular flexibility index (Phi) is 7.35. The third kappa shape index (κ3) is 5.32. The highest BCUT2D eigenvalue weighted by atomic mass is 35.5. The Morgan fingerprint density at radius 3 is 2.87 bits per heavy atom. The molecule has 1 saturated heterocycles. The van der Waals surface area contributed by atoms with Crippen LogP contribution in [0.25, 0.3) is 5.69 Å². The predicted molar refractivity (Wildman–Crippen MR) is 107 cm³/mol. The van der Waals surface area contributed by atoms with Gasteiger partial charge in [-0.3, -0.25) is 14.4 Å². The minimum absolute atomic E-state index is 0.156. The van der Waals surface area contributed by atoms with Crippen LogP contribution in [0.15, 0.2) is 24.5 Å². The van der Waals surface area contributed by atoms with Crippen LogP contribution in [0.5, 0.6) is 0 Å². The molecule has 2 atom stereocenters. The van der Waals surface area contributed by atoms with Crippen molar-refractivity contribution in [2.24, 2.45) is 5.92 Å². The monoisotopic (exact) mass is 436 g/mol. The Bertz CT molecular complexity index is 876. The molecule has 2 heterocycles. The van der Waals surface area contributed by atoms with Gasteiger partial charge in [0.05, 0.1) is 12.3 Å². The van der Waals surface area contributed by atoms with Gasteiger partial charge in [-0.1, -0.05) is 25.4 Å². The molecule has 30 heavy (non-hydrogen) atoms. The van der Waals surface area contributed by atoms with E-state index in [1.54, 1.807) is 18.2 Å². The Morgan fingerprint density at radius 2 is 2.17 bits per heavy atom. The number of aliphatic hydroxyl groups excluding tert-OH is 1. The number of tetrazole rings is 1. The van der Waals surface area contributed by atoms with E-state index < -0.39 is 18.1 Å². The van der Waals surface area contributed by atoms with E-state index in [4.69, 9.17) is 16.4 Å². The van der Waals surface area contributed by atoms with Gasteiger partial charge in [-0.25, -0.2) is 9.75 Å². The van der Waals surface area contributed by atoms with E-state index in [9.17, 15) is 14.7 Å². The van der Waals surface area contributed by atoms with E-state index in [0.717, 1.165) is 5.06 Å². The maximum atomic E-state index is 12.8. The van der Waals surface area contributed by atoms with E-state index in [1.165, 1.54) is 11.0 Å². The summed E-state index contributed by atoms with van der Waals surface area (Å²) in [7, 11) is 0. The molecule has 2 amide bonds. The highest BCUT2D eigenvalue weighted by Gasteiger charge is 2.38. The van der Waals surface area contributed by atoms with Gasteiger partial charge in [0.15, 0.2) is 0 Å². The first-order valence-electron chi connectivity index (χ1n) is 9.80. The molecule has 11 heteroatoms. The summed E-state index contributed by atoms with van der Waals surface area (Å²) >= 11 is 6.10. The number of nitrogens with one attached hydrogen (secondary N) is 1. The third-order valence-electron chi connectivity index (χ3n) is 4.82. The van der Waals surface area contributed by atoms with Crippen molar-refractivity contribution >= 4 is 23.4 Å². The number of carbonyl (C=O) groups is 2. The minimum Gasteiger partial charge on any atom is -0.383 e. The van der Waals surface area contributed by atoms with Crippen LogP contribution >= 0.6 is 11.6 Å². The lowest BCUT2D eigenvalue weighted by Crippen LogP contribution is -2.48. The first kappa shape index (κ1) is 22.1. The molecular weight excluding hydrogens is 412 g/mol. The van der Waals surface area contributed by atoms with Crippen molar-refractivity contribution in [2.75, 3.05) is 6.61 Å². The van der Waals surface area contributed by atoms with E-state index in [0.29, 0.717) is 41.5 Å². The van der Waals surface area contributed by atoms with Crippen molar-refractivity contribution in [1.82, 2.24) is 30.6 Å². The first-order chi connectivity index (χ1) is 14.4. The van der Waals surface area contributed by atoms with Gasteiger partial charge in [-0.15, -0.1) is 5.10 Å². The largest absolute Gasteiger partial charge is 0.383 e. The molecule has 1 unspecified atom stereocenters. The predicted octanol–water partition coefficient (Wildman–Crippen LogP) is 1.26.